The van der Waals surface area contributed by atoms with Gasteiger partial charge in [0.05, 0.1) is 0 Å². The molecule has 18 heavy (non-hydrogen) atoms. The van der Waals surface area contributed by atoms with Gasteiger partial charge < -0.3 is 0 Å². The summed E-state index contributed by atoms with van der Waals surface area (Å²) in [5.41, 5.74) is 0.510. The van der Waals surface area contributed by atoms with Gasteiger partial charge in [0.15, 0.2) is 0 Å². The minimum Gasteiger partial charge on any atom is -0.285 e. The molecule has 0 saturated carbocycles. The van der Waals surface area contributed by atoms with Crippen molar-refractivity contribution in [2.75, 3.05) is 11.4 Å². The predicted molar refractivity (Wildman–Crippen MR) is 70.0 cm³/mol. The van der Waals surface area contributed by atoms with Gasteiger partial charge in [-0.1, -0.05) is 23.2 Å². The number of hydrogen-bond donors (Lipinski definition) is 1. The molecule has 1 saturated heterocycles. The van der Waals surface area contributed by atoms with Crippen LogP contribution in [0.15, 0.2) is 18.2 Å². The van der Waals surface area contributed by atoms with Gasteiger partial charge in [0.1, 0.15) is 6.54 Å². The maximum absolute atomic E-state index is 11.3. The highest BCUT2D eigenvalue weighted by atomic mass is 35.5. The van der Waals surface area contributed by atoms with Crippen LogP contribution in [0.1, 0.15) is 0 Å². The molecule has 5 nitrogen and oxygen atoms in total. The Kier molecular flexibility index (Phi) is 5.40. The number of carbonyl (C=O) groups excluding carboxylic acids is 3. The fourth-order valence-electron chi connectivity index (χ4n) is 1.35. The summed E-state index contributed by atoms with van der Waals surface area (Å²) in [5.74, 6) is -0.115. The van der Waals surface area contributed by atoms with Gasteiger partial charge >= 0.3 is 6.03 Å². The van der Waals surface area contributed by atoms with Crippen molar-refractivity contribution in [1.82, 2.24) is 5.32 Å². The summed E-state index contributed by atoms with van der Waals surface area (Å²) in [6, 6.07) is 4.25. The number of carbonyl (C=O) groups is 3. The number of rotatable bonds is 1. The van der Waals surface area contributed by atoms with Crippen LogP contribution in [0.5, 0.6) is 0 Å². The van der Waals surface area contributed by atoms with Crippen molar-refractivity contribution in [2.45, 2.75) is 0 Å². The molecule has 1 fully saturated rings. The fourth-order valence-corrected chi connectivity index (χ4v) is 1.86. The van der Waals surface area contributed by atoms with Gasteiger partial charge in [0.2, 0.25) is 11.7 Å². The molecular weight excluding hydrogens is 302 g/mol. The number of nitrogens with zero attached hydrogens (tertiary/aromatic N) is 1. The Labute approximate surface area is 118 Å². The molecule has 1 aromatic rings. The van der Waals surface area contributed by atoms with Crippen LogP contribution in [-0.4, -0.2) is 24.2 Å². The SMILES string of the molecule is O=C1CN(c2cc(Cl)cc(Cl)c2)C(=O)N1.O=CCl. The Morgan fingerprint density at radius 2 is 1.67 bits per heavy atom. The van der Waals surface area contributed by atoms with Crippen molar-refractivity contribution in [3.63, 3.8) is 0 Å². The second-order valence-corrected chi connectivity index (χ2v) is 4.21. The highest BCUT2D eigenvalue weighted by molar-refractivity contribution is 6.54. The molecule has 2 rings (SSSR count). The normalized spacial score (nSPS) is 13.8. The predicted octanol–water partition coefficient (Wildman–Crippen LogP) is 2.46. The molecule has 0 unspecified atom stereocenters. The summed E-state index contributed by atoms with van der Waals surface area (Å²) in [7, 11) is 0. The molecule has 0 atom stereocenters. The Balaban J connectivity index is 0.000000492. The van der Waals surface area contributed by atoms with E-state index in [1.54, 1.807) is 18.2 Å². The Hall–Kier alpha value is -1.30. The number of benzene rings is 1. The van der Waals surface area contributed by atoms with Crippen LogP contribution in [0.25, 0.3) is 0 Å². The minimum absolute atomic E-state index is 0.00446. The summed E-state index contributed by atoms with van der Waals surface area (Å²) in [6.45, 7) is -0.00446. The van der Waals surface area contributed by atoms with Crippen molar-refractivity contribution < 1.29 is 14.4 Å². The first-order chi connectivity index (χ1) is 8.47. The maximum Gasteiger partial charge on any atom is 0.329 e. The second kappa shape index (κ2) is 6.58. The topological polar surface area (TPSA) is 66.5 Å². The number of halogens is 3. The summed E-state index contributed by atoms with van der Waals surface area (Å²) >= 11 is 15.9. The van der Waals surface area contributed by atoms with Gasteiger partial charge in [-0.15, -0.1) is 0 Å². The molecule has 0 aliphatic carbocycles. The van der Waals surface area contributed by atoms with Gasteiger partial charge in [-0.3, -0.25) is 19.8 Å². The summed E-state index contributed by atoms with van der Waals surface area (Å²) in [4.78, 5) is 32.1. The van der Waals surface area contributed by atoms with E-state index in [2.05, 4.69) is 16.9 Å². The van der Waals surface area contributed by atoms with E-state index < -0.39 is 6.03 Å². The first-order valence-electron chi connectivity index (χ1n) is 4.59. The molecule has 8 heteroatoms. The summed E-state index contributed by atoms with van der Waals surface area (Å²) < 4.78 is 0. The number of nitrogens with one attached hydrogen (secondary N) is 1. The highest BCUT2D eigenvalue weighted by Crippen LogP contribution is 2.26. The molecule has 96 valence electrons. The summed E-state index contributed by atoms with van der Waals surface area (Å²) in [5, 5.41) is 3.01. The lowest BCUT2D eigenvalue weighted by molar-refractivity contribution is -0.117. The van der Waals surface area contributed by atoms with Crippen LogP contribution in [0.4, 0.5) is 10.5 Å². The van der Waals surface area contributed by atoms with Crippen LogP contribution in [0.2, 0.25) is 10.0 Å². The van der Waals surface area contributed by atoms with E-state index in [0.717, 1.165) is 0 Å². The van der Waals surface area contributed by atoms with Crippen LogP contribution in [0, 0.1) is 0 Å². The van der Waals surface area contributed by atoms with E-state index in [0.29, 0.717) is 15.7 Å². The number of amides is 3. The molecule has 1 aliphatic heterocycles. The van der Waals surface area contributed by atoms with Gasteiger partial charge in [0.25, 0.3) is 0 Å². The largest absolute Gasteiger partial charge is 0.329 e. The Bertz CT molecular complexity index is 473. The number of imide groups is 1. The van der Waals surface area contributed by atoms with Crippen molar-refractivity contribution in [1.29, 1.82) is 0 Å². The number of urea groups is 1. The van der Waals surface area contributed by atoms with Crippen LogP contribution in [-0.2, 0) is 9.59 Å². The van der Waals surface area contributed by atoms with Crippen LogP contribution in [0.3, 0.4) is 0 Å². The second-order valence-electron chi connectivity index (χ2n) is 3.16. The van der Waals surface area contributed by atoms with Gasteiger partial charge in [-0.25, -0.2) is 4.79 Å². The fraction of sp³-hybridized carbons (Fsp3) is 0.100. The lowest BCUT2D eigenvalue weighted by Gasteiger charge is -2.13. The zero-order valence-electron chi connectivity index (χ0n) is 8.82. The molecule has 0 bridgehead atoms. The van der Waals surface area contributed by atoms with E-state index >= 15 is 0 Å². The van der Waals surface area contributed by atoms with E-state index in [-0.39, 0.29) is 18.2 Å². The van der Waals surface area contributed by atoms with Gasteiger partial charge in [0, 0.05) is 15.7 Å². The number of hydrogen-bond acceptors (Lipinski definition) is 3. The molecular formula is C10H7Cl3N2O3. The minimum atomic E-state index is -0.460. The maximum atomic E-state index is 11.3. The molecule has 0 aromatic heterocycles. The van der Waals surface area contributed by atoms with E-state index in [9.17, 15) is 9.59 Å². The highest BCUT2D eigenvalue weighted by Gasteiger charge is 2.28. The molecule has 1 aliphatic rings. The molecule has 1 heterocycles. The van der Waals surface area contributed by atoms with E-state index in [1.807, 2.05) is 0 Å². The monoisotopic (exact) mass is 308 g/mol. The van der Waals surface area contributed by atoms with E-state index in [4.69, 9.17) is 28.0 Å². The van der Waals surface area contributed by atoms with Crippen molar-refractivity contribution in [3.8, 4) is 0 Å². The first kappa shape index (κ1) is 14.8. The Morgan fingerprint density at radius 3 is 2.06 bits per heavy atom. The van der Waals surface area contributed by atoms with Gasteiger partial charge in [-0.2, -0.15) is 0 Å². The average Bonchev–Trinajstić information content (AvgIpc) is 2.57. The zero-order chi connectivity index (χ0) is 13.7. The third-order valence-corrected chi connectivity index (χ3v) is 2.39. The molecule has 1 N–H and O–H groups in total. The quantitative estimate of drug-likeness (QED) is 0.492. The van der Waals surface area contributed by atoms with Gasteiger partial charge in [-0.05, 0) is 29.8 Å². The summed E-state index contributed by atoms with van der Waals surface area (Å²) in [6.07, 6.45) is 0. The zero-order valence-corrected chi connectivity index (χ0v) is 11.1. The van der Waals surface area contributed by atoms with Crippen LogP contribution >= 0.6 is 34.8 Å². The Morgan fingerprint density at radius 1 is 1.17 bits per heavy atom. The third kappa shape index (κ3) is 3.87. The molecule has 0 spiro atoms. The number of anilines is 1. The standard InChI is InChI=1S/C9H6Cl2N2O2.CHClO/c10-5-1-6(11)3-7(2-5)13-4-8(14)12-9(13)15;2-1-3/h1-3H,4H2,(H,12,14,15);1H. The molecule has 1 aromatic carbocycles. The van der Waals surface area contributed by atoms with Crippen molar-refractivity contribution >= 4 is 58.2 Å². The smallest absolute Gasteiger partial charge is 0.285 e. The average molecular weight is 310 g/mol. The molecule has 0 radical (unpaired) electrons. The molecule has 3 amide bonds. The van der Waals surface area contributed by atoms with Crippen LogP contribution < -0.4 is 10.2 Å². The lowest BCUT2D eigenvalue weighted by atomic mass is 10.3. The third-order valence-electron chi connectivity index (χ3n) is 1.95. The first-order valence-corrected chi connectivity index (χ1v) is 5.78. The lowest BCUT2D eigenvalue weighted by Crippen LogP contribution is -2.27. The van der Waals surface area contributed by atoms with E-state index in [1.165, 1.54) is 4.90 Å². The van der Waals surface area contributed by atoms with Crippen molar-refractivity contribution in [3.05, 3.63) is 28.2 Å². The van der Waals surface area contributed by atoms with Crippen molar-refractivity contribution in [2.24, 2.45) is 0 Å².